The number of aryl methyl sites for hydroxylation is 2. The second-order valence-corrected chi connectivity index (χ2v) is 6.35. The molecule has 1 amide bonds. The summed E-state index contributed by atoms with van der Waals surface area (Å²) >= 11 is 6.39. The third-order valence-electron chi connectivity index (χ3n) is 4.04. The topological polar surface area (TPSA) is 59.4 Å². The van der Waals surface area contributed by atoms with E-state index in [-0.39, 0.29) is 5.91 Å². The molecule has 1 fully saturated rings. The number of aromatic nitrogens is 2. The fraction of sp³-hybridized carbons (Fsp3) is 0.412. The molecule has 128 valence electrons. The minimum absolute atomic E-state index is 0.199. The lowest BCUT2D eigenvalue weighted by atomic mass is 10.2. The number of carbonyl (C=O) groups excluding carboxylic acids is 1. The summed E-state index contributed by atoms with van der Waals surface area (Å²) in [5.41, 5.74) is 3.05. The van der Waals surface area contributed by atoms with Crippen molar-refractivity contribution in [2.24, 2.45) is 7.05 Å². The summed E-state index contributed by atoms with van der Waals surface area (Å²) in [5, 5.41) is 7.70. The Morgan fingerprint density at radius 3 is 2.71 bits per heavy atom. The van der Waals surface area contributed by atoms with Crippen molar-refractivity contribution in [3.05, 3.63) is 46.2 Å². The molecule has 6 nitrogen and oxygen atoms in total. The largest absolute Gasteiger partial charge is 0.379 e. The maximum Gasteiger partial charge on any atom is 0.273 e. The summed E-state index contributed by atoms with van der Waals surface area (Å²) < 4.78 is 6.92. The zero-order chi connectivity index (χ0) is 17.1. The maximum absolute atomic E-state index is 12.3. The lowest BCUT2D eigenvalue weighted by molar-refractivity contribution is 0.0342. The SMILES string of the molecule is Cc1cc(C(=O)Nc2ccc(CN3CCOCC3)c(Cl)c2)n(C)n1. The Morgan fingerprint density at radius 1 is 1.33 bits per heavy atom. The van der Waals surface area contributed by atoms with Gasteiger partial charge in [0, 0.05) is 37.4 Å². The zero-order valence-corrected chi connectivity index (χ0v) is 14.6. The van der Waals surface area contributed by atoms with Crippen LogP contribution in [0.5, 0.6) is 0 Å². The third kappa shape index (κ3) is 3.95. The summed E-state index contributed by atoms with van der Waals surface area (Å²) in [7, 11) is 1.75. The molecule has 0 spiro atoms. The number of nitrogens with one attached hydrogen (secondary N) is 1. The molecule has 0 aliphatic carbocycles. The van der Waals surface area contributed by atoms with Crippen LogP contribution in [0.4, 0.5) is 5.69 Å². The van der Waals surface area contributed by atoms with Gasteiger partial charge in [0.1, 0.15) is 5.69 Å². The molecule has 2 heterocycles. The standard InChI is InChI=1S/C17H21ClN4O2/c1-12-9-16(21(2)20-12)17(23)19-14-4-3-13(15(18)10-14)11-22-5-7-24-8-6-22/h3-4,9-10H,5-8,11H2,1-2H3,(H,19,23). The van der Waals surface area contributed by atoms with Gasteiger partial charge in [0.05, 0.1) is 18.9 Å². The van der Waals surface area contributed by atoms with Crippen LogP contribution in [-0.4, -0.2) is 46.9 Å². The molecule has 0 unspecified atom stereocenters. The average molecular weight is 349 g/mol. The first kappa shape index (κ1) is 17.0. The Hall–Kier alpha value is -1.89. The molecule has 1 aromatic carbocycles. The van der Waals surface area contributed by atoms with Gasteiger partial charge in [-0.2, -0.15) is 5.10 Å². The molecule has 1 N–H and O–H groups in total. The summed E-state index contributed by atoms with van der Waals surface area (Å²) in [6.45, 7) is 5.99. The van der Waals surface area contributed by atoms with Crippen molar-refractivity contribution in [3.8, 4) is 0 Å². The average Bonchev–Trinajstić information content (AvgIpc) is 2.90. The molecule has 2 aromatic rings. The first-order valence-electron chi connectivity index (χ1n) is 7.93. The van der Waals surface area contributed by atoms with Crippen molar-refractivity contribution in [2.45, 2.75) is 13.5 Å². The first-order valence-corrected chi connectivity index (χ1v) is 8.31. The van der Waals surface area contributed by atoms with Crippen molar-refractivity contribution in [3.63, 3.8) is 0 Å². The zero-order valence-electron chi connectivity index (χ0n) is 13.9. The fourth-order valence-corrected chi connectivity index (χ4v) is 3.01. The maximum atomic E-state index is 12.3. The predicted molar refractivity (Wildman–Crippen MR) is 93.4 cm³/mol. The highest BCUT2D eigenvalue weighted by atomic mass is 35.5. The van der Waals surface area contributed by atoms with Gasteiger partial charge in [0.2, 0.25) is 0 Å². The number of carbonyl (C=O) groups is 1. The molecule has 0 bridgehead atoms. The molecular weight excluding hydrogens is 328 g/mol. The number of rotatable bonds is 4. The first-order chi connectivity index (χ1) is 11.5. The van der Waals surface area contributed by atoms with Crippen LogP contribution in [0, 0.1) is 6.92 Å². The van der Waals surface area contributed by atoms with Gasteiger partial charge in [-0.15, -0.1) is 0 Å². The van der Waals surface area contributed by atoms with Gasteiger partial charge in [-0.05, 0) is 30.7 Å². The second kappa shape index (κ2) is 7.34. The molecule has 0 saturated carbocycles. The number of hydrogen-bond acceptors (Lipinski definition) is 4. The summed E-state index contributed by atoms with van der Waals surface area (Å²) in [6, 6.07) is 7.38. The van der Waals surface area contributed by atoms with E-state index in [9.17, 15) is 4.79 Å². The number of nitrogens with zero attached hydrogens (tertiary/aromatic N) is 3. The van der Waals surface area contributed by atoms with Crippen LogP contribution < -0.4 is 5.32 Å². The molecule has 1 aliphatic heterocycles. The smallest absolute Gasteiger partial charge is 0.273 e. The number of morpholine rings is 1. The highest BCUT2D eigenvalue weighted by Gasteiger charge is 2.15. The lowest BCUT2D eigenvalue weighted by Gasteiger charge is -2.27. The Labute approximate surface area is 146 Å². The highest BCUT2D eigenvalue weighted by Crippen LogP contribution is 2.23. The van der Waals surface area contributed by atoms with Crippen LogP contribution >= 0.6 is 11.6 Å². The van der Waals surface area contributed by atoms with E-state index in [0.29, 0.717) is 16.4 Å². The van der Waals surface area contributed by atoms with Crippen molar-refractivity contribution < 1.29 is 9.53 Å². The van der Waals surface area contributed by atoms with Gasteiger partial charge in [-0.3, -0.25) is 14.4 Å². The van der Waals surface area contributed by atoms with Crippen LogP contribution in [0.3, 0.4) is 0 Å². The monoisotopic (exact) mass is 348 g/mol. The number of hydrogen-bond donors (Lipinski definition) is 1. The van der Waals surface area contributed by atoms with E-state index in [1.807, 2.05) is 19.1 Å². The summed E-state index contributed by atoms with van der Waals surface area (Å²) in [5.74, 6) is -0.199. The summed E-state index contributed by atoms with van der Waals surface area (Å²) in [6.07, 6.45) is 0. The predicted octanol–water partition coefficient (Wildman–Crippen LogP) is 2.47. The van der Waals surface area contributed by atoms with E-state index in [4.69, 9.17) is 16.3 Å². The minimum atomic E-state index is -0.199. The van der Waals surface area contributed by atoms with E-state index in [1.54, 1.807) is 23.9 Å². The molecule has 1 saturated heterocycles. The highest BCUT2D eigenvalue weighted by molar-refractivity contribution is 6.31. The number of halogens is 1. The van der Waals surface area contributed by atoms with Gasteiger partial charge in [-0.25, -0.2) is 0 Å². The second-order valence-electron chi connectivity index (χ2n) is 5.94. The Balaban J connectivity index is 1.67. The van der Waals surface area contributed by atoms with Gasteiger partial charge < -0.3 is 10.1 Å². The molecule has 1 aromatic heterocycles. The van der Waals surface area contributed by atoms with Crippen molar-refractivity contribution >= 4 is 23.2 Å². The van der Waals surface area contributed by atoms with Gasteiger partial charge in [0.15, 0.2) is 0 Å². The Morgan fingerprint density at radius 2 is 2.08 bits per heavy atom. The van der Waals surface area contributed by atoms with Crippen molar-refractivity contribution in [2.75, 3.05) is 31.6 Å². The van der Waals surface area contributed by atoms with Crippen LogP contribution in [0.25, 0.3) is 0 Å². The quantitative estimate of drug-likeness (QED) is 0.922. The number of benzene rings is 1. The molecule has 1 aliphatic rings. The van der Waals surface area contributed by atoms with E-state index < -0.39 is 0 Å². The van der Waals surface area contributed by atoms with E-state index >= 15 is 0 Å². The molecule has 0 radical (unpaired) electrons. The fourth-order valence-electron chi connectivity index (χ4n) is 2.77. The van der Waals surface area contributed by atoms with E-state index in [0.717, 1.165) is 44.1 Å². The van der Waals surface area contributed by atoms with E-state index in [2.05, 4.69) is 15.3 Å². The third-order valence-corrected chi connectivity index (χ3v) is 4.40. The summed E-state index contributed by atoms with van der Waals surface area (Å²) in [4.78, 5) is 14.6. The van der Waals surface area contributed by atoms with Crippen molar-refractivity contribution in [1.29, 1.82) is 0 Å². The van der Waals surface area contributed by atoms with E-state index in [1.165, 1.54) is 0 Å². The van der Waals surface area contributed by atoms with Gasteiger partial charge in [0.25, 0.3) is 5.91 Å². The number of ether oxygens (including phenoxy) is 1. The van der Waals surface area contributed by atoms with Gasteiger partial charge >= 0.3 is 0 Å². The number of anilines is 1. The number of amides is 1. The van der Waals surface area contributed by atoms with Crippen LogP contribution in [0.1, 0.15) is 21.7 Å². The Bertz CT molecular complexity index is 738. The van der Waals surface area contributed by atoms with Crippen LogP contribution in [-0.2, 0) is 18.3 Å². The van der Waals surface area contributed by atoms with Crippen molar-refractivity contribution in [1.82, 2.24) is 14.7 Å². The molecule has 24 heavy (non-hydrogen) atoms. The molecule has 3 rings (SSSR count). The normalized spacial score (nSPS) is 15.5. The lowest BCUT2D eigenvalue weighted by Crippen LogP contribution is -2.35. The molecule has 0 atom stereocenters. The minimum Gasteiger partial charge on any atom is -0.379 e. The van der Waals surface area contributed by atoms with Gasteiger partial charge in [-0.1, -0.05) is 17.7 Å². The molecule has 7 heteroatoms. The Kier molecular flexibility index (Phi) is 5.18. The van der Waals surface area contributed by atoms with Crippen LogP contribution in [0.15, 0.2) is 24.3 Å². The molecular formula is C17H21ClN4O2. The van der Waals surface area contributed by atoms with Crippen LogP contribution in [0.2, 0.25) is 5.02 Å².